The number of ether oxygens (including phenoxy) is 3. The average Bonchev–Trinajstić information content (AvgIpc) is 3.27. The van der Waals surface area contributed by atoms with E-state index in [4.69, 9.17) is 19.2 Å². The fourth-order valence-corrected chi connectivity index (χ4v) is 7.94. The molecule has 3 atom stereocenters. The van der Waals surface area contributed by atoms with Gasteiger partial charge in [0.05, 0.1) is 40.3 Å². The van der Waals surface area contributed by atoms with Crippen molar-refractivity contribution in [2.75, 3.05) is 26.4 Å². The van der Waals surface area contributed by atoms with E-state index in [1.54, 1.807) is 6.07 Å². The molecule has 2 aromatic rings. The Morgan fingerprint density at radius 1 is 0.951 bits per heavy atom. The van der Waals surface area contributed by atoms with E-state index in [9.17, 15) is 28.6 Å². The van der Waals surface area contributed by atoms with E-state index >= 15 is 0 Å². The maximum Gasteiger partial charge on any atom is 0.417 e. The van der Waals surface area contributed by atoms with Crippen molar-refractivity contribution in [1.82, 2.24) is 4.98 Å². The lowest BCUT2D eigenvalue weighted by Gasteiger charge is -2.51. The van der Waals surface area contributed by atoms with Gasteiger partial charge in [-0.1, -0.05) is 12.5 Å². The third-order valence-electron chi connectivity index (χ3n) is 10.2. The van der Waals surface area contributed by atoms with Gasteiger partial charge in [0.2, 0.25) is 0 Å². The van der Waals surface area contributed by atoms with E-state index in [-0.39, 0.29) is 5.92 Å². The Morgan fingerprint density at radius 3 is 2.29 bits per heavy atom. The second-order valence-corrected chi connectivity index (χ2v) is 12.3. The normalized spacial score (nSPS) is 28.6. The molecule has 2 N–H and O–H groups in total. The zero-order valence-electron chi connectivity index (χ0n) is 22.7. The van der Waals surface area contributed by atoms with Crippen molar-refractivity contribution in [3.8, 4) is 6.07 Å². The van der Waals surface area contributed by atoms with E-state index in [1.165, 1.54) is 12.1 Å². The first-order valence-electron chi connectivity index (χ1n) is 14.6. The smallest absolute Gasteiger partial charge is 0.388 e. The molecule has 5 aliphatic rings. The van der Waals surface area contributed by atoms with Gasteiger partial charge < -0.3 is 24.4 Å². The van der Waals surface area contributed by atoms with E-state index in [0.29, 0.717) is 75.4 Å². The maximum atomic E-state index is 13.7. The van der Waals surface area contributed by atoms with Crippen LogP contribution in [0.2, 0.25) is 0 Å². The second-order valence-electron chi connectivity index (χ2n) is 12.3. The number of hydrogen-bond donors (Lipinski definition) is 2. The molecule has 1 aromatic heterocycles. The summed E-state index contributed by atoms with van der Waals surface area (Å²) in [5.74, 6) is -0.00242. The van der Waals surface area contributed by atoms with Crippen molar-refractivity contribution in [3.05, 3.63) is 63.0 Å². The van der Waals surface area contributed by atoms with Crippen LogP contribution in [-0.2, 0) is 26.0 Å². The highest BCUT2D eigenvalue weighted by molar-refractivity contribution is 5.56. The number of fused-ring (bicyclic) bond motifs is 4. The van der Waals surface area contributed by atoms with Crippen LogP contribution < -0.4 is 0 Å². The van der Waals surface area contributed by atoms with E-state index in [2.05, 4.69) is 0 Å². The molecule has 3 aliphatic heterocycles. The molecule has 1 unspecified atom stereocenters. The SMILES string of the molecule is N#Cc1cc([C@H]2OC3(CCOCC3)c3c4c(nc(C5CCOCC5)c32)[C@H](O)C2(CCC2)CC4O)ccc1C(F)(F)F. The minimum Gasteiger partial charge on any atom is -0.388 e. The summed E-state index contributed by atoms with van der Waals surface area (Å²) in [5, 5.41) is 33.1. The van der Waals surface area contributed by atoms with Crippen LogP contribution in [0, 0.1) is 16.7 Å². The molecule has 0 bridgehead atoms. The summed E-state index contributed by atoms with van der Waals surface area (Å²) in [4.78, 5) is 5.15. The van der Waals surface area contributed by atoms with Gasteiger partial charge in [0, 0.05) is 61.7 Å². The summed E-state index contributed by atoms with van der Waals surface area (Å²) in [5.41, 5.74) is 1.21. The summed E-state index contributed by atoms with van der Waals surface area (Å²) in [7, 11) is 0. The largest absolute Gasteiger partial charge is 0.417 e. The van der Waals surface area contributed by atoms with Gasteiger partial charge in [-0.3, -0.25) is 4.98 Å². The van der Waals surface area contributed by atoms with Crippen LogP contribution in [0.4, 0.5) is 13.2 Å². The van der Waals surface area contributed by atoms with Gasteiger partial charge in [0.25, 0.3) is 0 Å². The topological polar surface area (TPSA) is 105 Å². The maximum absolute atomic E-state index is 13.7. The second kappa shape index (κ2) is 9.75. The molecule has 0 radical (unpaired) electrons. The van der Waals surface area contributed by atoms with Crippen molar-refractivity contribution in [2.45, 2.75) is 87.4 Å². The summed E-state index contributed by atoms with van der Waals surface area (Å²) in [6, 6.07) is 5.33. The Morgan fingerprint density at radius 2 is 1.66 bits per heavy atom. The Bertz CT molecular complexity index is 1400. The number of alkyl halides is 3. The van der Waals surface area contributed by atoms with Crippen LogP contribution in [0.1, 0.15) is 120 Å². The molecule has 41 heavy (non-hydrogen) atoms. The van der Waals surface area contributed by atoms with Crippen LogP contribution in [0.3, 0.4) is 0 Å². The number of benzene rings is 1. The number of halogens is 3. The predicted molar refractivity (Wildman–Crippen MR) is 139 cm³/mol. The molecule has 2 spiro atoms. The summed E-state index contributed by atoms with van der Waals surface area (Å²) >= 11 is 0. The zero-order valence-corrected chi connectivity index (χ0v) is 22.7. The monoisotopic (exact) mass is 570 g/mol. The third kappa shape index (κ3) is 4.15. The number of aromatic nitrogens is 1. The number of nitriles is 1. The highest BCUT2D eigenvalue weighted by atomic mass is 19.4. The molecule has 1 saturated carbocycles. The van der Waals surface area contributed by atoms with Crippen molar-refractivity contribution in [2.24, 2.45) is 5.41 Å². The number of rotatable bonds is 2. The third-order valence-corrected chi connectivity index (χ3v) is 10.2. The standard InChI is InChI=1S/C31H33F3N2O5/c32-31(33,34)20-3-2-18(14-19(20)16-35)27-23-24(30(41-27)8-12-40-13-9-30)22-21(37)15-29(6-1-7-29)28(38)26(22)36-25(23)17-4-10-39-11-5-17/h2-3,14,17,21,27-28,37-38H,1,4-13,15H2/t21?,27-,28+/m1/s1. The Labute approximate surface area is 236 Å². The van der Waals surface area contributed by atoms with E-state index in [1.807, 2.05) is 0 Å². The van der Waals surface area contributed by atoms with Gasteiger partial charge in [0.15, 0.2) is 0 Å². The van der Waals surface area contributed by atoms with Crippen molar-refractivity contribution < 1.29 is 37.6 Å². The molecular weight excluding hydrogens is 537 g/mol. The van der Waals surface area contributed by atoms with Crippen LogP contribution in [0.15, 0.2) is 18.2 Å². The van der Waals surface area contributed by atoms with E-state index in [0.717, 1.165) is 42.1 Å². The highest BCUT2D eigenvalue weighted by Gasteiger charge is 2.57. The summed E-state index contributed by atoms with van der Waals surface area (Å²) < 4.78 is 59.3. The van der Waals surface area contributed by atoms with Crippen LogP contribution >= 0.6 is 0 Å². The number of nitrogens with zero attached hydrogens (tertiary/aromatic N) is 2. The van der Waals surface area contributed by atoms with Crippen molar-refractivity contribution in [3.63, 3.8) is 0 Å². The average molecular weight is 571 g/mol. The lowest BCUT2D eigenvalue weighted by atomic mass is 9.57. The quantitative estimate of drug-likeness (QED) is 0.482. The Kier molecular flexibility index (Phi) is 6.49. The van der Waals surface area contributed by atoms with Gasteiger partial charge in [0.1, 0.15) is 12.2 Å². The molecule has 2 saturated heterocycles. The van der Waals surface area contributed by atoms with Crippen molar-refractivity contribution >= 4 is 0 Å². The van der Waals surface area contributed by atoms with Gasteiger partial charge in [-0.2, -0.15) is 18.4 Å². The van der Waals surface area contributed by atoms with E-state index < -0.39 is 46.6 Å². The number of aliphatic hydroxyl groups excluding tert-OH is 2. The molecule has 2 aliphatic carbocycles. The van der Waals surface area contributed by atoms with Gasteiger partial charge in [-0.15, -0.1) is 0 Å². The van der Waals surface area contributed by atoms with Crippen LogP contribution in [0.25, 0.3) is 0 Å². The minimum absolute atomic E-state index is 0.00242. The summed E-state index contributed by atoms with van der Waals surface area (Å²) in [6.07, 6.45) is -1.59. The van der Waals surface area contributed by atoms with Gasteiger partial charge >= 0.3 is 6.18 Å². The molecule has 0 amide bonds. The molecule has 7 rings (SSSR count). The first kappa shape index (κ1) is 27.3. The number of hydrogen-bond acceptors (Lipinski definition) is 7. The van der Waals surface area contributed by atoms with Gasteiger partial charge in [-0.05, 0) is 55.4 Å². The zero-order chi connectivity index (χ0) is 28.6. The predicted octanol–water partition coefficient (Wildman–Crippen LogP) is 5.63. The lowest BCUT2D eigenvalue weighted by Crippen LogP contribution is -2.43. The minimum atomic E-state index is -4.66. The van der Waals surface area contributed by atoms with Crippen LogP contribution in [0.5, 0.6) is 0 Å². The molecule has 7 nitrogen and oxygen atoms in total. The lowest BCUT2D eigenvalue weighted by molar-refractivity contribution is -0.138. The molecular formula is C31H33F3N2O5. The van der Waals surface area contributed by atoms with Crippen molar-refractivity contribution in [1.29, 1.82) is 5.26 Å². The fourth-order valence-electron chi connectivity index (χ4n) is 7.94. The van der Waals surface area contributed by atoms with Crippen LogP contribution in [-0.4, -0.2) is 41.6 Å². The molecule has 10 heteroatoms. The Balaban J connectivity index is 1.48. The molecule has 3 fully saturated rings. The first-order chi connectivity index (χ1) is 19.7. The number of aliphatic hydroxyl groups is 2. The molecule has 4 heterocycles. The van der Waals surface area contributed by atoms with Gasteiger partial charge in [-0.25, -0.2) is 0 Å². The highest BCUT2D eigenvalue weighted by Crippen LogP contribution is 2.63. The summed E-state index contributed by atoms with van der Waals surface area (Å²) in [6.45, 7) is 1.96. The number of pyridine rings is 1. The molecule has 1 aromatic carbocycles. The first-order valence-corrected chi connectivity index (χ1v) is 14.6. The Hall–Kier alpha value is -2.55. The molecule has 218 valence electrons. The fraction of sp³-hybridized carbons (Fsp3) is 0.613.